The predicted molar refractivity (Wildman–Crippen MR) is 121 cm³/mol. The SMILES string of the molecule is COc1ccc2ccccc2c1-c1cc(C(=O)N/N=C/c2c[nH]c3ccccc23)[nH]n1. The van der Waals surface area contributed by atoms with Crippen molar-refractivity contribution in [3.63, 3.8) is 0 Å². The lowest BCUT2D eigenvalue weighted by atomic mass is 10.0. The number of carbonyl (C=O) groups excluding carboxylic acids is 1. The summed E-state index contributed by atoms with van der Waals surface area (Å²) in [6.45, 7) is 0. The van der Waals surface area contributed by atoms with Crippen LogP contribution in [-0.4, -0.2) is 34.4 Å². The molecule has 0 saturated carbocycles. The van der Waals surface area contributed by atoms with Crippen molar-refractivity contribution >= 4 is 33.8 Å². The maximum Gasteiger partial charge on any atom is 0.289 e. The first-order valence-corrected chi connectivity index (χ1v) is 9.75. The van der Waals surface area contributed by atoms with Crippen LogP contribution in [0.25, 0.3) is 32.9 Å². The predicted octanol–water partition coefficient (Wildman–Crippen LogP) is 4.48. The number of methoxy groups -OCH3 is 1. The maximum atomic E-state index is 12.6. The molecule has 0 bridgehead atoms. The molecule has 0 fully saturated rings. The summed E-state index contributed by atoms with van der Waals surface area (Å²) in [7, 11) is 1.62. The minimum atomic E-state index is -0.381. The molecule has 0 radical (unpaired) electrons. The van der Waals surface area contributed by atoms with Gasteiger partial charge in [0.05, 0.1) is 24.6 Å². The van der Waals surface area contributed by atoms with Gasteiger partial charge >= 0.3 is 0 Å². The van der Waals surface area contributed by atoms with Gasteiger partial charge in [-0.2, -0.15) is 10.2 Å². The molecular weight excluding hydrogens is 390 g/mol. The molecule has 31 heavy (non-hydrogen) atoms. The van der Waals surface area contributed by atoms with Crippen molar-refractivity contribution < 1.29 is 9.53 Å². The molecule has 152 valence electrons. The van der Waals surface area contributed by atoms with E-state index in [1.54, 1.807) is 19.4 Å². The third-order valence-corrected chi connectivity index (χ3v) is 5.18. The number of H-pyrrole nitrogens is 2. The lowest BCUT2D eigenvalue weighted by Gasteiger charge is -2.09. The van der Waals surface area contributed by atoms with E-state index >= 15 is 0 Å². The van der Waals surface area contributed by atoms with E-state index in [1.807, 2.05) is 66.9 Å². The fourth-order valence-corrected chi connectivity index (χ4v) is 3.67. The van der Waals surface area contributed by atoms with Crippen LogP contribution in [0.15, 0.2) is 78.0 Å². The fourth-order valence-electron chi connectivity index (χ4n) is 3.67. The average Bonchev–Trinajstić information content (AvgIpc) is 3.46. The molecule has 0 atom stereocenters. The number of aromatic nitrogens is 3. The van der Waals surface area contributed by atoms with Crippen molar-refractivity contribution in [3.05, 3.63) is 84.2 Å². The van der Waals surface area contributed by atoms with Crippen LogP contribution in [0.4, 0.5) is 0 Å². The molecule has 3 N–H and O–H groups in total. The molecule has 7 nitrogen and oxygen atoms in total. The first kappa shape index (κ1) is 18.6. The van der Waals surface area contributed by atoms with E-state index in [4.69, 9.17) is 4.74 Å². The van der Waals surface area contributed by atoms with Gasteiger partial charge in [-0.15, -0.1) is 0 Å². The van der Waals surface area contributed by atoms with Crippen molar-refractivity contribution in [1.82, 2.24) is 20.6 Å². The second kappa shape index (κ2) is 7.79. The van der Waals surface area contributed by atoms with Gasteiger partial charge in [0, 0.05) is 22.7 Å². The molecule has 0 unspecified atom stereocenters. The molecule has 2 heterocycles. The van der Waals surface area contributed by atoms with Gasteiger partial charge < -0.3 is 9.72 Å². The number of nitrogens with one attached hydrogen (secondary N) is 3. The molecule has 5 rings (SSSR count). The van der Waals surface area contributed by atoms with E-state index in [1.165, 1.54) is 0 Å². The summed E-state index contributed by atoms with van der Waals surface area (Å²) in [5.74, 6) is 0.309. The monoisotopic (exact) mass is 409 g/mol. The number of rotatable bonds is 5. The Balaban J connectivity index is 1.40. The topological polar surface area (TPSA) is 95.2 Å². The Kier molecular flexibility index (Phi) is 4.68. The van der Waals surface area contributed by atoms with Gasteiger partial charge in [0.2, 0.25) is 0 Å². The Hall–Kier alpha value is -4.39. The minimum Gasteiger partial charge on any atom is -0.496 e. The Morgan fingerprint density at radius 2 is 1.87 bits per heavy atom. The molecule has 0 spiro atoms. The molecule has 1 amide bonds. The number of hydrogen-bond donors (Lipinski definition) is 3. The zero-order chi connectivity index (χ0) is 21.2. The number of benzene rings is 3. The second-order valence-corrected chi connectivity index (χ2v) is 7.02. The van der Waals surface area contributed by atoms with E-state index in [-0.39, 0.29) is 5.91 Å². The average molecular weight is 409 g/mol. The highest BCUT2D eigenvalue weighted by Crippen LogP contribution is 2.36. The summed E-state index contributed by atoms with van der Waals surface area (Å²) in [4.78, 5) is 15.7. The van der Waals surface area contributed by atoms with Crippen molar-refractivity contribution in [3.8, 4) is 17.0 Å². The molecule has 5 aromatic rings. The lowest BCUT2D eigenvalue weighted by molar-refractivity contribution is 0.0950. The van der Waals surface area contributed by atoms with Crippen LogP contribution in [0.3, 0.4) is 0 Å². The van der Waals surface area contributed by atoms with E-state index in [0.717, 1.165) is 32.8 Å². The van der Waals surface area contributed by atoms with E-state index < -0.39 is 0 Å². The molecule has 2 aromatic heterocycles. The van der Waals surface area contributed by atoms with Crippen molar-refractivity contribution in [1.29, 1.82) is 0 Å². The molecule has 7 heteroatoms. The molecule has 0 saturated heterocycles. The van der Waals surface area contributed by atoms with Gasteiger partial charge in [-0.1, -0.05) is 48.5 Å². The number of fused-ring (bicyclic) bond motifs is 2. The second-order valence-electron chi connectivity index (χ2n) is 7.02. The van der Waals surface area contributed by atoms with Gasteiger partial charge in [0.1, 0.15) is 11.4 Å². The Morgan fingerprint density at radius 3 is 2.74 bits per heavy atom. The zero-order valence-corrected chi connectivity index (χ0v) is 16.7. The van der Waals surface area contributed by atoms with Gasteiger partial charge in [-0.25, -0.2) is 5.43 Å². The van der Waals surface area contributed by atoms with Crippen LogP contribution in [0, 0.1) is 0 Å². The maximum absolute atomic E-state index is 12.6. The smallest absolute Gasteiger partial charge is 0.289 e. The fraction of sp³-hybridized carbons (Fsp3) is 0.0417. The number of carbonyl (C=O) groups is 1. The Morgan fingerprint density at radius 1 is 1.06 bits per heavy atom. The van der Waals surface area contributed by atoms with Crippen LogP contribution in [0.5, 0.6) is 5.75 Å². The number of hydrazone groups is 1. The van der Waals surface area contributed by atoms with Crippen LogP contribution in [0.2, 0.25) is 0 Å². The quantitative estimate of drug-likeness (QED) is 0.295. The Bertz CT molecular complexity index is 1430. The van der Waals surface area contributed by atoms with E-state index in [0.29, 0.717) is 17.1 Å². The van der Waals surface area contributed by atoms with Crippen molar-refractivity contribution in [2.45, 2.75) is 0 Å². The third-order valence-electron chi connectivity index (χ3n) is 5.18. The molecule has 0 aliphatic heterocycles. The highest BCUT2D eigenvalue weighted by molar-refractivity contribution is 6.02. The molecular formula is C24H19N5O2. The molecule has 0 aliphatic rings. The summed E-state index contributed by atoms with van der Waals surface area (Å²) >= 11 is 0. The summed E-state index contributed by atoms with van der Waals surface area (Å²) in [5, 5.41) is 14.3. The number of hydrogen-bond acceptors (Lipinski definition) is 4. The van der Waals surface area contributed by atoms with Crippen LogP contribution in [-0.2, 0) is 0 Å². The highest BCUT2D eigenvalue weighted by atomic mass is 16.5. The van der Waals surface area contributed by atoms with Crippen molar-refractivity contribution in [2.24, 2.45) is 5.10 Å². The number of ether oxygens (including phenoxy) is 1. The number of para-hydroxylation sites is 1. The first-order valence-electron chi connectivity index (χ1n) is 9.75. The van der Waals surface area contributed by atoms with E-state index in [9.17, 15) is 4.79 Å². The largest absolute Gasteiger partial charge is 0.496 e. The van der Waals surface area contributed by atoms with Gasteiger partial charge in [0.15, 0.2) is 0 Å². The molecule has 0 aliphatic carbocycles. The summed E-state index contributed by atoms with van der Waals surface area (Å²) in [5.41, 5.74) is 6.21. The highest BCUT2D eigenvalue weighted by Gasteiger charge is 2.16. The minimum absolute atomic E-state index is 0.307. The number of aromatic amines is 2. The van der Waals surface area contributed by atoms with Crippen LogP contribution in [0.1, 0.15) is 16.1 Å². The zero-order valence-electron chi connectivity index (χ0n) is 16.7. The molecule has 3 aromatic carbocycles. The normalized spacial score (nSPS) is 11.4. The van der Waals surface area contributed by atoms with Gasteiger partial charge in [-0.05, 0) is 29.0 Å². The van der Waals surface area contributed by atoms with Crippen LogP contribution >= 0.6 is 0 Å². The standard InChI is InChI=1S/C24H19N5O2/c1-31-22-11-10-15-6-2-3-8-18(15)23(22)20-12-21(28-27-20)24(30)29-26-14-16-13-25-19-9-5-4-7-17(16)19/h2-14,25H,1H3,(H,27,28)(H,29,30)/b26-14+. The number of amides is 1. The Labute approximate surface area is 177 Å². The number of nitrogens with zero attached hydrogens (tertiary/aromatic N) is 2. The van der Waals surface area contributed by atoms with E-state index in [2.05, 4.69) is 25.7 Å². The van der Waals surface area contributed by atoms with Crippen molar-refractivity contribution in [2.75, 3.05) is 7.11 Å². The first-order chi connectivity index (χ1) is 15.2. The van der Waals surface area contributed by atoms with Gasteiger partial charge in [0.25, 0.3) is 5.91 Å². The summed E-state index contributed by atoms with van der Waals surface area (Å²) < 4.78 is 5.54. The van der Waals surface area contributed by atoms with Crippen LogP contribution < -0.4 is 10.2 Å². The lowest BCUT2D eigenvalue weighted by Crippen LogP contribution is -2.17. The third kappa shape index (κ3) is 3.42. The summed E-state index contributed by atoms with van der Waals surface area (Å²) in [6.07, 6.45) is 3.46. The van der Waals surface area contributed by atoms with Gasteiger partial charge in [-0.3, -0.25) is 9.89 Å². The summed E-state index contributed by atoms with van der Waals surface area (Å²) in [6, 6.07) is 21.5.